The summed E-state index contributed by atoms with van der Waals surface area (Å²) in [4.78, 5) is 23.5. The summed E-state index contributed by atoms with van der Waals surface area (Å²) in [6, 6.07) is 11.4. The van der Waals surface area contributed by atoms with E-state index in [0.29, 0.717) is 42.8 Å². The molecule has 1 amide bonds. The fourth-order valence-corrected chi connectivity index (χ4v) is 4.40. The van der Waals surface area contributed by atoms with Crippen LogP contribution in [0.25, 0.3) is 22.4 Å². The summed E-state index contributed by atoms with van der Waals surface area (Å²) in [5, 5.41) is 4.77. The van der Waals surface area contributed by atoms with Gasteiger partial charge in [-0.1, -0.05) is 12.1 Å². The molecule has 5 rings (SSSR count). The molecule has 1 saturated heterocycles. The summed E-state index contributed by atoms with van der Waals surface area (Å²) in [6.45, 7) is 1.31. The summed E-state index contributed by atoms with van der Waals surface area (Å²) in [5.74, 6) is -1.39. The van der Waals surface area contributed by atoms with E-state index in [1.807, 2.05) is 29.2 Å². The number of piperidine rings is 1. The Labute approximate surface area is 180 Å². The minimum atomic E-state index is -0.559. The third-order valence-corrected chi connectivity index (χ3v) is 6.12. The molecule has 0 saturated carbocycles. The number of carbonyl (C=O) groups excluding carboxylic acids is 1. The number of hydrogen-bond donors (Lipinski definition) is 1. The Bertz CT molecular complexity index is 1210. The molecule has 1 aliphatic heterocycles. The molecule has 1 fully saturated rings. The van der Waals surface area contributed by atoms with E-state index >= 15 is 0 Å². The second-order valence-corrected chi connectivity index (χ2v) is 8.23. The number of amides is 1. The Morgan fingerprint density at radius 3 is 2.74 bits per heavy atom. The number of aromatic nitrogens is 2. The van der Waals surface area contributed by atoms with E-state index in [2.05, 4.69) is 15.3 Å². The van der Waals surface area contributed by atoms with Gasteiger partial charge in [-0.3, -0.25) is 4.79 Å². The number of rotatable bonds is 4. The molecule has 0 bridgehead atoms. The highest BCUT2D eigenvalue weighted by atomic mass is 32.1. The van der Waals surface area contributed by atoms with E-state index < -0.39 is 11.6 Å². The Morgan fingerprint density at radius 2 is 1.94 bits per heavy atom. The van der Waals surface area contributed by atoms with Crippen LogP contribution in [-0.4, -0.2) is 29.0 Å². The quantitative estimate of drug-likeness (QED) is 0.479. The fraction of sp³-hybridized carbons (Fsp3) is 0.227. The molecule has 1 N–H and O–H groups in total. The maximum absolute atomic E-state index is 14.0. The molecular formula is C22H18F2N4O2S. The van der Waals surface area contributed by atoms with Crippen LogP contribution in [0.2, 0.25) is 0 Å². The maximum Gasteiger partial charge on any atom is 0.298 e. The number of thiazole rings is 1. The first kappa shape index (κ1) is 19.6. The zero-order chi connectivity index (χ0) is 21.4. The third-order valence-electron chi connectivity index (χ3n) is 5.36. The lowest BCUT2D eigenvalue weighted by molar-refractivity contribution is -0.120. The molecule has 31 heavy (non-hydrogen) atoms. The van der Waals surface area contributed by atoms with Gasteiger partial charge in [-0.15, -0.1) is 11.3 Å². The van der Waals surface area contributed by atoms with Gasteiger partial charge in [-0.2, -0.15) is 4.98 Å². The van der Waals surface area contributed by atoms with Crippen molar-refractivity contribution in [1.82, 2.24) is 9.97 Å². The molecule has 0 spiro atoms. The summed E-state index contributed by atoms with van der Waals surface area (Å²) in [5.41, 5.74) is 1.92. The fourth-order valence-electron chi connectivity index (χ4n) is 3.68. The van der Waals surface area contributed by atoms with Crippen molar-refractivity contribution in [2.24, 2.45) is 5.92 Å². The largest absolute Gasteiger partial charge is 0.423 e. The number of hydrogen-bond acceptors (Lipinski definition) is 6. The first-order chi connectivity index (χ1) is 15.1. The van der Waals surface area contributed by atoms with Crippen LogP contribution in [0.5, 0.6) is 0 Å². The van der Waals surface area contributed by atoms with Crippen molar-refractivity contribution in [1.29, 1.82) is 0 Å². The van der Waals surface area contributed by atoms with Crippen molar-refractivity contribution in [3.8, 4) is 11.3 Å². The predicted octanol–water partition coefficient (Wildman–Crippen LogP) is 5.08. The lowest BCUT2D eigenvalue weighted by atomic mass is 9.96. The van der Waals surface area contributed by atoms with Crippen molar-refractivity contribution >= 4 is 39.5 Å². The first-order valence-electron chi connectivity index (χ1n) is 9.89. The van der Waals surface area contributed by atoms with Gasteiger partial charge in [-0.05, 0) is 43.2 Å². The highest BCUT2D eigenvalue weighted by Crippen LogP contribution is 2.30. The third kappa shape index (κ3) is 4.00. The lowest BCUT2D eigenvalue weighted by Crippen LogP contribution is -2.38. The summed E-state index contributed by atoms with van der Waals surface area (Å²) < 4.78 is 33.2. The Balaban J connectivity index is 1.21. The van der Waals surface area contributed by atoms with Crippen molar-refractivity contribution in [3.05, 3.63) is 59.5 Å². The van der Waals surface area contributed by atoms with Crippen molar-refractivity contribution in [3.63, 3.8) is 0 Å². The van der Waals surface area contributed by atoms with E-state index in [9.17, 15) is 13.6 Å². The van der Waals surface area contributed by atoms with Crippen LogP contribution in [0.4, 0.5) is 19.9 Å². The van der Waals surface area contributed by atoms with Crippen LogP contribution in [-0.2, 0) is 4.79 Å². The van der Waals surface area contributed by atoms with Crippen LogP contribution in [0, 0.1) is 17.6 Å². The molecule has 2 aromatic heterocycles. The van der Waals surface area contributed by atoms with Gasteiger partial charge < -0.3 is 14.6 Å². The molecule has 158 valence electrons. The van der Waals surface area contributed by atoms with E-state index in [-0.39, 0.29) is 17.4 Å². The number of halogens is 2. The highest BCUT2D eigenvalue weighted by Gasteiger charge is 2.28. The van der Waals surface area contributed by atoms with E-state index in [1.165, 1.54) is 11.3 Å². The molecule has 6 nitrogen and oxygen atoms in total. The zero-order valence-corrected chi connectivity index (χ0v) is 17.2. The van der Waals surface area contributed by atoms with Gasteiger partial charge in [0.1, 0.15) is 17.2 Å². The molecule has 9 heteroatoms. The average molecular weight is 440 g/mol. The number of benzene rings is 2. The smallest absolute Gasteiger partial charge is 0.298 e. The topological polar surface area (TPSA) is 71.3 Å². The van der Waals surface area contributed by atoms with E-state index in [1.54, 1.807) is 5.38 Å². The standard InChI is InChI=1S/C22H18F2N4O2S/c23-14-5-6-16(24)15(11-14)18-12-31-21(25-18)27-20(29)13-7-9-28(10-8-13)22-26-17-3-1-2-4-19(17)30-22/h1-6,11-13H,7-10H2,(H,25,27,29). The molecule has 0 unspecified atom stereocenters. The Hall–Kier alpha value is -3.33. The number of fused-ring (bicyclic) bond motifs is 1. The van der Waals surface area contributed by atoms with Gasteiger partial charge in [-0.25, -0.2) is 13.8 Å². The number of nitrogens with zero attached hydrogens (tertiary/aromatic N) is 3. The van der Waals surface area contributed by atoms with Crippen molar-refractivity contribution in [2.45, 2.75) is 12.8 Å². The van der Waals surface area contributed by atoms with Crippen LogP contribution in [0.3, 0.4) is 0 Å². The molecule has 1 aliphatic rings. The van der Waals surface area contributed by atoms with Gasteiger partial charge in [0.25, 0.3) is 6.01 Å². The number of para-hydroxylation sites is 2. The number of carbonyl (C=O) groups is 1. The molecule has 3 heterocycles. The SMILES string of the molecule is O=C(Nc1nc(-c2cc(F)ccc2F)cs1)C1CCN(c2nc3ccccc3o2)CC1. The highest BCUT2D eigenvalue weighted by molar-refractivity contribution is 7.14. The minimum absolute atomic E-state index is 0.0726. The molecule has 0 atom stereocenters. The van der Waals surface area contributed by atoms with Crippen LogP contribution < -0.4 is 10.2 Å². The van der Waals surface area contributed by atoms with Crippen LogP contribution in [0.1, 0.15) is 12.8 Å². The summed E-state index contributed by atoms with van der Waals surface area (Å²) in [7, 11) is 0. The van der Waals surface area contributed by atoms with Gasteiger partial charge in [0.15, 0.2) is 10.7 Å². The monoisotopic (exact) mass is 440 g/mol. The second-order valence-electron chi connectivity index (χ2n) is 7.38. The molecule has 0 radical (unpaired) electrons. The summed E-state index contributed by atoms with van der Waals surface area (Å²) in [6.07, 6.45) is 1.31. The van der Waals surface area contributed by atoms with Crippen LogP contribution >= 0.6 is 11.3 Å². The molecule has 0 aliphatic carbocycles. The minimum Gasteiger partial charge on any atom is -0.423 e. The van der Waals surface area contributed by atoms with Gasteiger partial charge in [0.05, 0.1) is 5.69 Å². The number of oxazole rings is 1. The molecular weight excluding hydrogens is 422 g/mol. The Morgan fingerprint density at radius 1 is 1.13 bits per heavy atom. The normalized spacial score (nSPS) is 14.8. The Kier molecular flexibility index (Phi) is 5.11. The van der Waals surface area contributed by atoms with E-state index in [4.69, 9.17) is 4.42 Å². The van der Waals surface area contributed by atoms with Gasteiger partial charge in [0.2, 0.25) is 5.91 Å². The van der Waals surface area contributed by atoms with Crippen molar-refractivity contribution < 1.29 is 18.0 Å². The van der Waals surface area contributed by atoms with Gasteiger partial charge in [0, 0.05) is 30.0 Å². The molecule has 2 aromatic carbocycles. The predicted molar refractivity (Wildman–Crippen MR) is 115 cm³/mol. The van der Waals surface area contributed by atoms with E-state index in [0.717, 1.165) is 29.3 Å². The van der Waals surface area contributed by atoms with Crippen LogP contribution in [0.15, 0.2) is 52.3 Å². The first-order valence-corrected chi connectivity index (χ1v) is 10.8. The maximum atomic E-state index is 14.0. The second kappa shape index (κ2) is 8.07. The van der Waals surface area contributed by atoms with Crippen molar-refractivity contribution in [2.75, 3.05) is 23.3 Å². The summed E-state index contributed by atoms with van der Waals surface area (Å²) >= 11 is 1.18. The number of anilines is 2. The average Bonchev–Trinajstić information content (AvgIpc) is 3.42. The van der Waals surface area contributed by atoms with Gasteiger partial charge >= 0.3 is 0 Å². The zero-order valence-electron chi connectivity index (χ0n) is 16.3. The molecule has 4 aromatic rings. The lowest BCUT2D eigenvalue weighted by Gasteiger charge is -2.29. The number of nitrogens with one attached hydrogen (secondary N) is 1.